The molecule has 0 unspecified atom stereocenters. The fourth-order valence-corrected chi connectivity index (χ4v) is 1.34. The van der Waals surface area contributed by atoms with Crippen molar-refractivity contribution in [2.75, 3.05) is 0 Å². The average Bonchev–Trinajstić information content (AvgIpc) is 2.69. The van der Waals surface area contributed by atoms with Crippen LogP contribution in [0.25, 0.3) is 16.7 Å². The normalized spacial score (nSPS) is 10.0. The molecule has 2 aromatic rings. The number of H-pyrrole nitrogens is 1. The van der Waals surface area contributed by atoms with Crippen molar-refractivity contribution in [3.05, 3.63) is 36.7 Å². The number of hydrogen-bond donors (Lipinski definition) is 4. The lowest BCUT2D eigenvalue weighted by atomic mass is 10.3. The molecule has 5 nitrogen and oxygen atoms in total. The van der Waals surface area contributed by atoms with Crippen LogP contribution in [0.1, 0.15) is 5.82 Å². The first-order valence-electron chi connectivity index (χ1n) is 4.62. The molecule has 6 heteroatoms. The summed E-state index contributed by atoms with van der Waals surface area (Å²) >= 11 is 4.66. The van der Waals surface area contributed by atoms with E-state index in [1.165, 1.54) is 0 Å². The van der Waals surface area contributed by atoms with Crippen LogP contribution in [0.5, 0.6) is 0 Å². The van der Waals surface area contributed by atoms with Crippen molar-refractivity contribution < 1.29 is 0 Å². The molecule has 1 aromatic carbocycles. The molecule has 0 fully saturated rings. The molecule has 0 bridgehead atoms. The first-order chi connectivity index (χ1) is 7.66. The summed E-state index contributed by atoms with van der Waals surface area (Å²) in [6.45, 7) is 3.81. The van der Waals surface area contributed by atoms with Gasteiger partial charge in [0, 0.05) is 0 Å². The monoisotopic (exact) mass is 233 g/mol. The average molecular weight is 233 g/mol. The van der Waals surface area contributed by atoms with Crippen molar-refractivity contribution in [2.24, 2.45) is 5.73 Å². The molecule has 5 N–H and O–H groups in total. The second-order valence-electron chi connectivity index (χ2n) is 3.20. The lowest BCUT2D eigenvalue weighted by Gasteiger charge is -2.07. The molecular weight excluding hydrogens is 222 g/mol. The van der Waals surface area contributed by atoms with Gasteiger partial charge >= 0.3 is 0 Å². The number of thiocarbonyl (C=S) groups is 1. The molecule has 1 aromatic heterocycles. The zero-order valence-electron chi connectivity index (χ0n) is 8.45. The number of fused-ring (bicyclic) bond motifs is 1. The summed E-state index contributed by atoms with van der Waals surface area (Å²) in [5, 5.41) is 0.150. The summed E-state index contributed by atoms with van der Waals surface area (Å²) in [5.74, 6) is 0.643. The number of aromatic amines is 1. The fourth-order valence-electron chi connectivity index (χ4n) is 1.29. The van der Waals surface area contributed by atoms with Crippen molar-refractivity contribution in [2.45, 2.75) is 0 Å². The van der Waals surface area contributed by atoms with Gasteiger partial charge in [-0.05, 0) is 24.4 Å². The van der Waals surface area contributed by atoms with Crippen LogP contribution >= 0.6 is 12.2 Å². The van der Waals surface area contributed by atoms with Crippen molar-refractivity contribution >= 4 is 34.1 Å². The molecule has 0 atom stereocenters. The highest BCUT2D eigenvalue weighted by Crippen LogP contribution is 2.13. The minimum Gasteiger partial charge on any atom is -0.375 e. The van der Waals surface area contributed by atoms with Gasteiger partial charge < -0.3 is 10.7 Å². The Labute approximate surface area is 97.7 Å². The van der Waals surface area contributed by atoms with E-state index in [9.17, 15) is 0 Å². The lowest BCUT2D eigenvalue weighted by molar-refractivity contribution is 0.836. The number of hydrogen-bond acceptors (Lipinski definition) is 3. The molecule has 0 radical (unpaired) electrons. The molecule has 0 aliphatic rings. The Morgan fingerprint density at radius 3 is 2.81 bits per heavy atom. The zero-order valence-corrected chi connectivity index (χ0v) is 9.27. The van der Waals surface area contributed by atoms with E-state index >= 15 is 0 Å². The number of nitrogens with zero attached hydrogens (tertiary/aromatic N) is 1. The van der Waals surface area contributed by atoms with Gasteiger partial charge in [0.05, 0.1) is 16.7 Å². The second kappa shape index (κ2) is 4.19. The molecule has 1 heterocycles. The first kappa shape index (κ1) is 10.4. The predicted molar refractivity (Wildman–Crippen MR) is 68.2 cm³/mol. The third-order valence-electron chi connectivity index (χ3n) is 2.01. The van der Waals surface area contributed by atoms with Crippen LogP contribution in [0.15, 0.2) is 30.8 Å². The summed E-state index contributed by atoms with van der Waals surface area (Å²) in [7, 11) is 0. The van der Waals surface area contributed by atoms with Crippen LogP contribution < -0.4 is 16.6 Å². The van der Waals surface area contributed by atoms with E-state index in [2.05, 4.69) is 39.6 Å². The third-order valence-corrected chi connectivity index (χ3v) is 2.11. The van der Waals surface area contributed by atoms with Crippen molar-refractivity contribution in [3.8, 4) is 0 Å². The van der Waals surface area contributed by atoms with E-state index in [4.69, 9.17) is 5.73 Å². The molecule has 0 aliphatic heterocycles. The highest BCUT2D eigenvalue weighted by Gasteiger charge is 2.04. The van der Waals surface area contributed by atoms with Crippen molar-refractivity contribution in [1.82, 2.24) is 20.8 Å². The summed E-state index contributed by atoms with van der Waals surface area (Å²) in [5.41, 5.74) is 13.0. The molecule has 16 heavy (non-hydrogen) atoms. The van der Waals surface area contributed by atoms with Crippen LogP contribution in [-0.2, 0) is 0 Å². The predicted octanol–water partition coefficient (Wildman–Crippen LogP) is 0.871. The zero-order chi connectivity index (χ0) is 11.5. The number of para-hydroxylation sites is 2. The minimum absolute atomic E-state index is 0.150. The van der Waals surface area contributed by atoms with Gasteiger partial charge in [-0.2, -0.15) is 0 Å². The molecule has 82 valence electrons. The fraction of sp³-hybridized carbons (Fsp3) is 0. The largest absolute Gasteiger partial charge is 0.375 e. The van der Waals surface area contributed by atoms with Gasteiger partial charge in [-0.3, -0.25) is 10.9 Å². The first-order valence-corrected chi connectivity index (χ1v) is 5.03. The highest BCUT2D eigenvalue weighted by atomic mass is 32.1. The van der Waals surface area contributed by atoms with Gasteiger partial charge in [0.15, 0.2) is 10.9 Å². The van der Waals surface area contributed by atoms with Crippen LogP contribution in [0.4, 0.5) is 0 Å². The van der Waals surface area contributed by atoms with Crippen molar-refractivity contribution in [3.63, 3.8) is 0 Å². The number of nitrogens with two attached hydrogens (primary N) is 1. The maximum atomic E-state index is 5.28. The quantitative estimate of drug-likeness (QED) is 0.467. The summed E-state index contributed by atoms with van der Waals surface area (Å²) in [6, 6.07) is 7.73. The Morgan fingerprint density at radius 1 is 1.38 bits per heavy atom. The Balaban J connectivity index is 2.20. The molecule has 0 saturated heterocycles. The SMILES string of the molecule is C=C(NNC(N)=S)c1nc2ccccc2[nH]1. The molecular formula is C10H11N5S. The Bertz CT molecular complexity index is 512. The standard InChI is InChI=1S/C10H11N5S/c1-6(14-15-10(11)16)9-12-7-4-2-3-5-8(7)13-9/h2-5,14H,1H2,(H,12,13)(H3,11,15,16). The van der Waals surface area contributed by atoms with Gasteiger partial charge in [-0.1, -0.05) is 18.7 Å². The van der Waals surface area contributed by atoms with Gasteiger partial charge in [0.25, 0.3) is 0 Å². The van der Waals surface area contributed by atoms with E-state index < -0.39 is 0 Å². The number of nitrogens with one attached hydrogen (secondary N) is 3. The number of benzene rings is 1. The van der Waals surface area contributed by atoms with Gasteiger partial charge in [-0.15, -0.1) is 0 Å². The Morgan fingerprint density at radius 2 is 2.12 bits per heavy atom. The smallest absolute Gasteiger partial charge is 0.182 e. The molecule has 0 aliphatic carbocycles. The molecule has 0 saturated carbocycles. The van der Waals surface area contributed by atoms with Crippen LogP contribution in [0.2, 0.25) is 0 Å². The molecule has 0 spiro atoms. The van der Waals surface area contributed by atoms with Crippen LogP contribution in [0.3, 0.4) is 0 Å². The maximum Gasteiger partial charge on any atom is 0.182 e. The summed E-state index contributed by atoms with van der Waals surface area (Å²) < 4.78 is 0. The van der Waals surface area contributed by atoms with E-state index in [1.807, 2.05) is 24.3 Å². The number of hydrazine groups is 1. The van der Waals surface area contributed by atoms with Gasteiger partial charge in [0.2, 0.25) is 0 Å². The Hall–Kier alpha value is -2.08. The van der Waals surface area contributed by atoms with E-state index in [1.54, 1.807) is 0 Å². The van der Waals surface area contributed by atoms with Gasteiger partial charge in [0.1, 0.15) is 0 Å². The summed E-state index contributed by atoms with van der Waals surface area (Å²) in [4.78, 5) is 7.47. The molecule has 2 rings (SSSR count). The molecule has 0 amide bonds. The van der Waals surface area contributed by atoms with E-state index in [0.717, 1.165) is 11.0 Å². The lowest BCUT2D eigenvalue weighted by Crippen LogP contribution is -2.39. The van der Waals surface area contributed by atoms with Crippen LogP contribution in [0, 0.1) is 0 Å². The van der Waals surface area contributed by atoms with Crippen molar-refractivity contribution in [1.29, 1.82) is 0 Å². The van der Waals surface area contributed by atoms with Gasteiger partial charge in [-0.25, -0.2) is 4.98 Å². The maximum absolute atomic E-state index is 5.28. The van der Waals surface area contributed by atoms with E-state index in [-0.39, 0.29) is 5.11 Å². The highest BCUT2D eigenvalue weighted by molar-refractivity contribution is 7.80. The van der Waals surface area contributed by atoms with E-state index in [0.29, 0.717) is 11.5 Å². The summed E-state index contributed by atoms with van der Waals surface area (Å²) in [6.07, 6.45) is 0. The Kier molecular flexibility index (Phi) is 2.74. The second-order valence-corrected chi connectivity index (χ2v) is 3.64. The number of rotatable bonds is 3. The topological polar surface area (TPSA) is 78.8 Å². The number of aromatic nitrogens is 2. The van der Waals surface area contributed by atoms with Crippen LogP contribution in [-0.4, -0.2) is 15.1 Å². The number of imidazole rings is 1. The third kappa shape index (κ3) is 2.12. The minimum atomic E-state index is 0.150.